The van der Waals surface area contributed by atoms with E-state index < -0.39 is 0 Å². The van der Waals surface area contributed by atoms with Crippen molar-refractivity contribution in [1.29, 1.82) is 0 Å². The zero-order valence-corrected chi connectivity index (χ0v) is 8.82. The molecule has 1 aromatic carbocycles. The number of aryl methyl sites for hydroxylation is 1. The Morgan fingerprint density at radius 3 is 2.94 bits per heavy atom. The highest BCUT2D eigenvalue weighted by Crippen LogP contribution is 2.09. The molecule has 82 valence electrons. The third-order valence-corrected chi connectivity index (χ3v) is 2.01. The Hall–Kier alpha value is -2.30. The summed E-state index contributed by atoms with van der Waals surface area (Å²) in [6, 6.07) is 7.25. The quantitative estimate of drug-likeness (QED) is 0.721. The van der Waals surface area contributed by atoms with E-state index in [0.29, 0.717) is 5.95 Å². The third-order valence-electron chi connectivity index (χ3n) is 2.01. The Labute approximate surface area is 92.9 Å². The van der Waals surface area contributed by atoms with E-state index in [4.69, 9.17) is 0 Å². The van der Waals surface area contributed by atoms with Crippen LogP contribution in [-0.2, 0) is 0 Å². The van der Waals surface area contributed by atoms with Gasteiger partial charge in [-0.15, -0.1) is 0 Å². The number of urea groups is 1. The van der Waals surface area contributed by atoms with Crippen LogP contribution < -0.4 is 10.6 Å². The molecule has 2 amide bonds. The Bertz CT molecular complexity index is 478. The first-order chi connectivity index (χ1) is 7.74. The third kappa shape index (κ3) is 2.60. The van der Waals surface area contributed by atoms with Gasteiger partial charge in [-0.25, -0.2) is 9.78 Å². The molecule has 0 aliphatic rings. The van der Waals surface area contributed by atoms with Crippen LogP contribution in [0.2, 0.25) is 0 Å². The van der Waals surface area contributed by atoms with Crippen molar-refractivity contribution >= 4 is 17.7 Å². The Morgan fingerprint density at radius 1 is 1.38 bits per heavy atom. The average Bonchev–Trinajstić information content (AvgIpc) is 2.70. The number of hydrogen-bond donors (Lipinski definition) is 3. The van der Waals surface area contributed by atoms with Gasteiger partial charge >= 0.3 is 6.03 Å². The number of carbonyl (C=O) groups excluding carboxylic acids is 1. The van der Waals surface area contributed by atoms with Crippen molar-refractivity contribution in [2.45, 2.75) is 6.92 Å². The lowest BCUT2D eigenvalue weighted by Gasteiger charge is -2.05. The molecule has 0 saturated carbocycles. The number of H-pyrrole nitrogens is 1. The second-order valence-electron chi connectivity index (χ2n) is 3.39. The fourth-order valence-corrected chi connectivity index (χ4v) is 1.33. The first-order valence-electron chi connectivity index (χ1n) is 4.88. The number of carbonyl (C=O) groups is 1. The lowest BCUT2D eigenvalue weighted by atomic mass is 10.2. The zero-order chi connectivity index (χ0) is 11.4. The molecule has 0 fully saturated rings. The summed E-state index contributed by atoms with van der Waals surface area (Å²) < 4.78 is 0. The van der Waals surface area contributed by atoms with Gasteiger partial charge in [-0.3, -0.25) is 5.32 Å². The molecule has 16 heavy (non-hydrogen) atoms. The second-order valence-corrected chi connectivity index (χ2v) is 3.39. The number of aromatic nitrogens is 2. The summed E-state index contributed by atoms with van der Waals surface area (Å²) in [7, 11) is 0. The molecule has 0 aliphatic carbocycles. The van der Waals surface area contributed by atoms with Crippen LogP contribution in [0.1, 0.15) is 5.56 Å². The molecule has 0 spiro atoms. The number of benzene rings is 1. The molecule has 0 aliphatic heterocycles. The number of rotatable bonds is 2. The van der Waals surface area contributed by atoms with Crippen molar-refractivity contribution in [3.63, 3.8) is 0 Å². The van der Waals surface area contributed by atoms with Gasteiger partial charge in [-0.05, 0) is 24.6 Å². The summed E-state index contributed by atoms with van der Waals surface area (Å²) in [6.45, 7) is 1.97. The van der Waals surface area contributed by atoms with Crippen LogP contribution in [0.4, 0.5) is 16.4 Å². The summed E-state index contributed by atoms with van der Waals surface area (Å²) in [6.07, 6.45) is 3.21. The molecule has 5 nitrogen and oxygen atoms in total. The van der Waals surface area contributed by atoms with Crippen molar-refractivity contribution in [3.8, 4) is 0 Å². The SMILES string of the molecule is Cc1cccc(NC(=O)Nc2ncc[nH]2)c1. The monoisotopic (exact) mass is 216 g/mol. The number of hydrogen-bond acceptors (Lipinski definition) is 2. The maximum Gasteiger partial charge on any atom is 0.326 e. The van der Waals surface area contributed by atoms with E-state index in [1.165, 1.54) is 0 Å². The van der Waals surface area contributed by atoms with Crippen LogP contribution in [0.25, 0.3) is 0 Å². The lowest BCUT2D eigenvalue weighted by molar-refractivity contribution is 0.262. The highest BCUT2D eigenvalue weighted by Gasteiger charge is 2.03. The molecule has 1 heterocycles. The molecular formula is C11H12N4O. The van der Waals surface area contributed by atoms with E-state index >= 15 is 0 Å². The minimum Gasteiger partial charge on any atom is -0.331 e. The standard InChI is InChI=1S/C11H12N4O/c1-8-3-2-4-9(7-8)14-11(16)15-10-12-5-6-13-10/h2-7H,1H3,(H3,12,13,14,15,16). The van der Waals surface area contributed by atoms with Gasteiger partial charge in [0.05, 0.1) is 0 Å². The van der Waals surface area contributed by atoms with Gasteiger partial charge in [0.15, 0.2) is 0 Å². The number of aromatic amines is 1. The minimum absolute atomic E-state index is 0.319. The van der Waals surface area contributed by atoms with Crippen LogP contribution in [0.15, 0.2) is 36.7 Å². The van der Waals surface area contributed by atoms with E-state index in [-0.39, 0.29) is 6.03 Å². The van der Waals surface area contributed by atoms with Gasteiger partial charge in [-0.2, -0.15) is 0 Å². The van der Waals surface area contributed by atoms with Crippen molar-refractivity contribution < 1.29 is 4.79 Å². The van der Waals surface area contributed by atoms with Gasteiger partial charge in [0.2, 0.25) is 5.95 Å². The van der Waals surface area contributed by atoms with Gasteiger partial charge < -0.3 is 10.3 Å². The van der Waals surface area contributed by atoms with E-state index in [0.717, 1.165) is 11.3 Å². The van der Waals surface area contributed by atoms with Crippen molar-refractivity contribution in [1.82, 2.24) is 9.97 Å². The fraction of sp³-hybridized carbons (Fsp3) is 0.0909. The first-order valence-corrected chi connectivity index (χ1v) is 4.88. The van der Waals surface area contributed by atoms with Crippen molar-refractivity contribution in [3.05, 3.63) is 42.2 Å². The summed E-state index contributed by atoms with van der Waals surface area (Å²) in [4.78, 5) is 18.2. The first kappa shape index (κ1) is 10.2. The van der Waals surface area contributed by atoms with Gasteiger partial charge in [0.1, 0.15) is 0 Å². The molecule has 0 atom stereocenters. The molecule has 0 bridgehead atoms. The number of nitrogens with zero attached hydrogens (tertiary/aromatic N) is 1. The minimum atomic E-state index is -0.319. The molecule has 0 saturated heterocycles. The van der Waals surface area contributed by atoms with Crippen LogP contribution in [-0.4, -0.2) is 16.0 Å². The lowest BCUT2D eigenvalue weighted by Crippen LogP contribution is -2.20. The molecular weight excluding hydrogens is 204 g/mol. The van der Waals surface area contributed by atoms with Crippen molar-refractivity contribution in [2.24, 2.45) is 0 Å². The number of imidazole rings is 1. The molecule has 2 aromatic rings. The number of nitrogens with one attached hydrogen (secondary N) is 3. The van der Waals surface area contributed by atoms with Gasteiger partial charge in [0, 0.05) is 18.1 Å². The highest BCUT2D eigenvalue weighted by molar-refractivity contribution is 5.98. The molecule has 5 heteroatoms. The fourth-order valence-electron chi connectivity index (χ4n) is 1.33. The molecule has 0 radical (unpaired) electrons. The Morgan fingerprint density at radius 2 is 2.25 bits per heavy atom. The van der Waals surface area contributed by atoms with E-state index in [9.17, 15) is 4.79 Å². The highest BCUT2D eigenvalue weighted by atomic mass is 16.2. The van der Waals surface area contributed by atoms with E-state index in [1.807, 2.05) is 31.2 Å². The molecule has 3 N–H and O–H groups in total. The topological polar surface area (TPSA) is 69.8 Å². The van der Waals surface area contributed by atoms with Gasteiger partial charge in [0.25, 0.3) is 0 Å². The Kier molecular flexibility index (Phi) is 2.86. The summed E-state index contributed by atoms with van der Waals surface area (Å²) >= 11 is 0. The van der Waals surface area contributed by atoms with Crippen LogP contribution in [0.3, 0.4) is 0 Å². The molecule has 1 aromatic heterocycles. The predicted molar refractivity (Wildman–Crippen MR) is 62.4 cm³/mol. The summed E-state index contributed by atoms with van der Waals surface area (Å²) in [5, 5.41) is 5.28. The maximum absolute atomic E-state index is 11.5. The largest absolute Gasteiger partial charge is 0.331 e. The van der Waals surface area contributed by atoms with E-state index in [1.54, 1.807) is 12.4 Å². The zero-order valence-electron chi connectivity index (χ0n) is 8.82. The summed E-state index contributed by atoms with van der Waals surface area (Å²) in [5.41, 5.74) is 1.85. The predicted octanol–water partition coefficient (Wildman–Crippen LogP) is 2.36. The molecule has 0 unspecified atom stereocenters. The number of anilines is 2. The second kappa shape index (κ2) is 4.48. The normalized spacial score (nSPS) is 9.81. The van der Waals surface area contributed by atoms with Crippen molar-refractivity contribution in [2.75, 3.05) is 10.6 Å². The van der Waals surface area contributed by atoms with Crippen LogP contribution in [0, 0.1) is 6.92 Å². The molecule has 2 rings (SSSR count). The average molecular weight is 216 g/mol. The smallest absolute Gasteiger partial charge is 0.326 e. The van der Waals surface area contributed by atoms with Crippen LogP contribution in [0.5, 0.6) is 0 Å². The van der Waals surface area contributed by atoms with Crippen LogP contribution >= 0.6 is 0 Å². The number of amides is 2. The van der Waals surface area contributed by atoms with Gasteiger partial charge in [-0.1, -0.05) is 12.1 Å². The van der Waals surface area contributed by atoms with E-state index in [2.05, 4.69) is 20.6 Å². The Balaban J connectivity index is 1.97. The summed E-state index contributed by atoms with van der Waals surface area (Å²) in [5.74, 6) is 0.421. The maximum atomic E-state index is 11.5.